The highest BCUT2D eigenvalue weighted by Crippen LogP contribution is 2.43. The van der Waals surface area contributed by atoms with Crippen LogP contribution in [-0.2, 0) is 4.79 Å². The lowest BCUT2D eigenvalue weighted by molar-refractivity contribution is -0.130. The number of nitrogens with one attached hydrogen (secondary N) is 2. The van der Waals surface area contributed by atoms with Crippen molar-refractivity contribution in [3.05, 3.63) is 0 Å². The van der Waals surface area contributed by atoms with E-state index in [1.807, 2.05) is 0 Å². The number of carbonyl (C=O) groups excluding carboxylic acids is 1. The van der Waals surface area contributed by atoms with Crippen LogP contribution in [0.25, 0.3) is 0 Å². The molecule has 0 radical (unpaired) electrons. The molecule has 1 unspecified atom stereocenters. The Bertz CT molecular complexity index is 244. The van der Waals surface area contributed by atoms with E-state index in [1.165, 1.54) is 6.42 Å². The van der Waals surface area contributed by atoms with Crippen molar-refractivity contribution >= 4 is 5.91 Å². The second-order valence-electron chi connectivity index (χ2n) is 5.44. The Morgan fingerprint density at radius 3 is 2.67 bits per heavy atom. The summed E-state index contributed by atoms with van der Waals surface area (Å²) in [5, 5.41) is 6.42. The minimum absolute atomic E-state index is 0.0322. The van der Waals surface area contributed by atoms with E-state index in [9.17, 15) is 4.79 Å². The maximum atomic E-state index is 12.0. The minimum Gasteiger partial charge on any atom is -0.355 e. The lowest BCUT2D eigenvalue weighted by Crippen LogP contribution is -2.45. The molecule has 3 heteroatoms. The average molecular weight is 210 g/mol. The van der Waals surface area contributed by atoms with E-state index in [-0.39, 0.29) is 5.41 Å². The zero-order chi connectivity index (χ0) is 10.9. The van der Waals surface area contributed by atoms with Crippen LogP contribution in [0.2, 0.25) is 0 Å². The maximum Gasteiger partial charge on any atom is 0.226 e. The summed E-state index contributed by atoms with van der Waals surface area (Å²) in [6, 6.07) is 0. The van der Waals surface area contributed by atoms with Crippen molar-refractivity contribution in [2.45, 2.75) is 33.1 Å². The van der Waals surface area contributed by atoms with Crippen molar-refractivity contribution in [3.63, 3.8) is 0 Å². The first-order valence-electron chi connectivity index (χ1n) is 6.14. The summed E-state index contributed by atoms with van der Waals surface area (Å²) in [5.41, 5.74) is -0.0322. The van der Waals surface area contributed by atoms with Crippen LogP contribution >= 0.6 is 0 Å². The molecule has 0 saturated carbocycles. The molecular weight excluding hydrogens is 188 g/mol. The van der Waals surface area contributed by atoms with Gasteiger partial charge in [0.25, 0.3) is 0 Å². The van der Waals surface area contributed by atoms with Crippen molar-refractivity contribution in [1.29, 1.82) is 0 Å². The molecule has 2 aliphatic rings. The molecule has 1 amide bonds. The summed E-state index contributed by atoms with van der Waals surface area (Å²) in [5.74, 6) is 1.57. The first-order valence-corrected chi connectivity index (χ1v) is 6.14. The lowest BCUT2D eigenvalue weighted by Gasteiger charge is -2.37. The van der Waals surface area contributed by atoms with E-state index in [4.69, 9.17) is 0 Å². The SMILES string of the molecule is CC(C)CC1CNC(=O)C12CCNCC2. The van der Waals surface area contributed by atoms with Crippen molar-refractivity contribution in [2.75, 3.05) is 19.6 Å². The molecule has 2 saturated heterocycles. The van der Waals surface area contributed by atoms with Gasteiger partial charge in [0.05, 0.1) is 5.41 Å². The molecule has 2 aliphatic heterocycles. The van der Waals surface area contributed by atoms with Crippen molar-refractivity contribution in [3.8, 4) is 0 Å². The number of hydrogen-bond acceptors (Lipinski definition) is 2. The summed E-state index contributed by atoms with van der Waals surface area (Å²) < 4.78 is 0. The van der Waals surface area contributed by atoms with Crippen molar-refractivity contribution in [2.24, 2.45) is 17.3 Å². The fourth-order valence-electron chi connectivity index (χ4n) is 3.16. The summed E-state index contributed by atoms with van der Waals surface area (Å²) in [6.45, 7) is 7.40. The van der Waals surface area contributed by atoms with E-state index >= 15 is 0 Å². The van der Waals surface area contributed by atoms with Crippen LogP contribution in [0, 0.1) is 17.3 Å². The molecule has 2 heterocycles. The van der Waals surface area contributed by atoms with Crippen LogP contribution in [0.3, 0.4) is 0 Å². The summed E-state index contributed by atoms with van der Waals surface area (Å²) >= 11 is 0. The van der Waals surface area contributed by atoms with Gasteiger partial charge in [0.2, 0.25) is 5.91 Å². The van der Waals surface area contributed by atoms with E-state index in [1.54, 1.807) is 0 Å². The van der Waals surface area contributed by atoms with Crippen LogP contribution < -0.4 is 10.6 Å². The summed E-state index contributed by atoms with van der Waals surface area (Å²) in [7, 11) is 0. The van der Waals surface area contributed by atoms with Gasteiger partial charge in [0.15, 0.2) is 0 Å². The molecule has 0 aliphatic carbocycles. The Balaban J connectivity index is 2.12. The van der Waals surface area contributed by atoms with Crippen molar-refractivity contribution < 1.29 is 4.79 Å². The third-order valence-corrected chi connectivity index (χ3v) is 3.99. The third kappa shape index (κ3) is 1.89. The molecule has 86 valence electrons. The maximum absolute atomic E-state index is 12.0. The van der Waals surface area contributed by atoms with Gasteiger partial charge in [-0.05, 0) is 44.2 Å². The third-order valence-electron chi connectivity index (χ3n) is 3.99. The molecule has 3 nitrogen and oxygen atoms in total. The van der Waals surface area contributed by atoms with E-state index < -0.39 is 0 Å². The largest absolute Gasteiger partial charge is 0.355 e. The second kappa shape index (κ2) is 4.12. The Kier molecular flexibility index (Phi) is 3.01. The standard InChI is InChI=1S/C12H22N2O/c1-9(2)7-10-8-14-11(15)12(10)3-5-13-6-4-12/h9-10,13H,3-8H2,1-2H3,(H,14,15). The minimum atomic E-state index is -0.0322. The fourth-order valence-corrected chi connectivity index (χ4v) is 3.16. The predicted octanol–water partition coefficient (Wildman–Crippen LogP) is 1.15. The van der Waals surface area contributed by atoms with Gasteiger partial charge in [0, 0.05) is 6.54 Å². The quantitative estimate of drug-likeness (QED) is 0.718. The van der Waals surface area contributed by atoms with Crippen molar-refractivity contribution in [1.82, 2.24) is 10.6 Å². The number of carbonyl (C=O) groups is 1. The smallest absolute Gasteiger partial charge is 0.226 e. The van der Waals surface area contributed by atoms with Crippen LogP contribution in [0.15, 0.2) is 0 Å². The molecular formula is C12H22N2O. The highest BCUT2D eigenvalue weighted by atomic mass is 16.2. The zero-order valence-electron chi connectivity index (χ0n) is 9.81. The molecule has 2 rings (SSSR count). The lowest BCUT2D eigenvalue weighted by atomic mass is 9.68. The summed E-state index contributed by atoms with van der Waals surface area (Å²) in [4.78, 5) is 12.0. The first kappa shape index (κ1) is 10.9. The Morgan fingerprint density at radius 2 is 2.07 bits per heavy atom. The topological polar surface area (TPSA) is 41.1 Å². The zero-order valence-corrected chi connectivity index (χ0v) is 9.81. The Morgan fingerprint density at radius 1 is 1.40 bits per heavy atom. The summed E-state index contributed by atoms with van der Waals surface area (Å²) in [6.07, 6.45) is 3.23. The average Bonchev–Trinajstić information content (AvgIpc) is 2.48. The van der Waals surface area contributed by atoms with Gasteiger partial charge >= 0.3 is 0 Å². The molecule has 2 N–H and O–H groups in total. The number of piperidine rings is 1. The highest BCUT2D eigenvalue weighted by Gasteiger charge is 2.49. The van der Waals surface area contributed by atoms with Crippen LogP contribution in [0.5, 0.6) is 0 Å². The van der Waals surface area contributed by atoms with Gasteiger partial charge in [-0.1, -0.05) is 13.8 Å². The molecule has 0 aromatic carbocycles. The molecule has 2 fully saturated rings. The molecule has 0 aromatic rings. The van der Waals surface area contributed by atoms with Crippen LogP contribution in [0.4, 0.5) is 0 Å². The second-order valence-corrected chi connectivity index (χ2v) is 5.44. The van der Waals surface area contributed by atoms with Gasteiger partial charge in [-0.3, -0.25) is 4.79 Å². The molecule has 15 heavy (non-hydrogen) atoms. The van der Waals surface area contributed by atoms with Gasteiger partial charge in [-0.2, -0.15) is 0 Å². The molecule has 0 bridgehead atoms. The fraction of sp³-hybridized carbons (Fsp3) is 0.917. The molecule has 1 atom stereocenters. The molecule has 1 spiro atoms. The van der Waals surface area contributed by atoms with E-state index in [2.05, 4.69) is 24.5 Å². The Labute approximate surface area is 92.0 Å². The number of rotatable bonds is 2. The van der Waals surface area contributed by atoms with Gasteiger partial charge in [-0.15, -0.1) is 0 Å². The van der Waals surface area contributed by atoms with Gasteiger partial charge < -0.3 is 10.6 Å². The molecule has 0 aromatic heterocycles. The van der Waals surface area contributed by atoms with Gasteiger partial charge in [-0.25, -0.2) is 0 Å². The number of amides is 1. The Hall–Kier alpha value is -0.570. The van der Waals surface area contributed by atoms with Crippen LogP contribution in [0.1, 0.15) is 33.1 Å². The van der Waals surface area contributed by atoms with Crippen LogP contribution in [-0.4, -0.2) is 25.5 Å². The van der Waals surface area contributed by atoms with E-state index in [0.717, 1.165) is 32.5 Å². The highest BCUT2D eigenvalue weighted by molar-refractivity contribution is 5.85. The first-order chi connectivity index (χ1) is 7.15. The van der Waals surface area contributed by atoms with Gasteiger partial charge in [0.1, 0.15) is 0 Å². The monoisotopic (exact) mass is 210 g/mol. The normalized spacial score (nSPS) is 29.8. The number of hydrogen-bond donors (Lipinski definition) is 2. The predicted molar refractivity (Wildman–Crippen MR) is 60.5 cm³/mol. The van der Waals surface area contributed by atoms with E-state index in [0.29, 0.717) is 17.7 Å².